The number of nitrogens with zero attached hydrogens (tertiary/aromatic N) is 4. The second-order valence-electron chi connectivity index (χ2n) is 14.8. The van der Waals surface area contributed by atoms with Gasteiger partial charge < -0.3 is 24.4 Å². The zero-order chi connectivity index (χ0) is 39.3. The summed E-state index contributed by atoms with van der Waals surface area (Å²) in [6, 6.07) is 78.7. The third-order valence-corrected chi connectivity index (χ3v) is 11.4. The molecular weight excluding hydrogens is 721 g/mol. The van der Waals surface area contributed by atoms with Gasteiger partial charge >= 0.3 is 0 Å². The monoisotopic (exact) mass is 758 g/mol. The summed E-state index contributed by atoms with van der Waals surface area (Å²) in [4.78, 5) is 6.92. The van der Waals surface area contributed by atoms with E-state index in [1.165, 1.54) is 21.8 Å². The smallest absolute Gasteiger partial charge is 0.115 e. The lowest BCUT2D eigenvalue weighted by molar-refractivity contribution is 0.475. The Morgan fingerprint density at radius 1 is 0.322 bits per heavy atom. The van der Waals surface area contributed by atoms with Gasteiger partial charge in [-0.1, -0.05) is 97.1 Å². The molecule has 0 saturated heterocycles. The largest absolute Gasteiger partial charge is 0.508 e. The molecule has 5 heteroatoms. The first kappa shape index (κ1) is 34.2. The van der Waals surface area contributed by atoms with Crippen molar-refractivity contribution in [2.45, 2.75) is 0 Å². The maximum atomic E-state index is 10.3. The molecule has 0 bridgehead atoms. The van der Waals surface area contributed by atoms with Crippen LogP contribution in [0.25, 0.3) is 38.6 Å². The van der Waals surface area contributed by atoms with Crippen molar-refractivity contribution >= 4 is 73.0 Å². The summed E-state index contributed by atoms with van der Waals surface area (Å²) in [5.41, 5.74) is 15.4. The molecule has 280 valence electrons. The number of hydrogen-bond donors (Lipinski definition) is 1. The number of hydrogen-bond acceptors (Lipinski definition) is 4. The van der Waals surface area contributed by atoms with Gasteiger partial charge in [-0.3, -0.25) is 0 Å². The minimum absolute atomic E-state index is 0.232. The Morgan fingerprint density at radius 2 is 0.746 bits per heavy atom. The highest BCUT2D eigenvalue weighted by Gasteiger charge is 2.30. The molecule has 0 aliphatic carbocycles. The summed E-state index contributed by atoms with van der Waals surface area (Å²) in [7, 11) is 0. The van der Waals surface area contributed by atoms with Crippen LogP contribution in [0, 0.1) is 0 Å². The van der Waals surface area contributed by atoms with E-state index in [2.05, 4.69) is 219 Å². The molecule has 0 spiro atoms. The number of fused-ring (bicyclic) bond motifs is 5. The van der Waals surface area contributed by atoms with Gasteiger partial charge in [-0.2, -0.15) is 0 Å². The van der Waals surface area contributed by atoms with Crippen molar-refractivity contribution in [2.75, 3.05) is 14.7 Å². The molecule has 10 aromatic rings. The van der Waals surface area contributed by atoms with Crippen LogP contribution in [0.4, 0.5) is 51.2 Å². The fraction of sp³-hybridized carbons (Fsp3) is 0. The predicted octanol–water partition coefficient (Wildman–Crippen LogP) is 14.9. The lowest BCUT2D eigenvalue weighted by Gasteiger charge is -2.40. The molecule has 59 heavy (non-hydrogen) atoms. The van der Waals surface area contributed by atoms with Crippen LogP contribution in [0.15, 0.2) is 224 Å². The Morgan fingerprint density at radius 3 is 1.32 bits per heavy atom. The molecule has 5 nitrogen and oxygen atoms in total. The van der Waals surface area contributed by atoms with Crippen molar-refractivity contribution in [3.63, 3.8) is 0 Å². The summed E-state index contributed by atoms with van der Waals surface area (Å²) < 4.78 is 2.35. The van der Waals surface area contributed by atoms with Gasteiger partial charge in [0.15, 0.2) is 0 Å². The number of aromatic hydroxyl groups is 1. The van der Waals surface area contributed by atoms with Gasteiger partial charge in [0.05, 0.1) is 33.8 Å². The summed E-state index contributed by atoms with van der Waals surface area (Å²) in [5.74, 6) is 0.232. The molecule has 0 unspecified atom stereocenters. The Hall–Kier alpha value is -8.02. The van der Waals surface area contributed by atoms with Crippen LogP contribution < -0.4 is 14.7 Å². The molecule has 9 aromatic carbocycles. The zero-order valence-electron chi connectivity index (χ0n) is 32.1. The van der Waals surface area contributed by atoms with Crippen molar-refractivity contribution in [1.82, 2.24) is 4.57 Å². The van der Waals surface area contributed by atoms with Crippen LogP contribution in [0.2, 0.25) is 0 Å². The fourth-order valence-electron chi connectivity index (χ4n) is 8.69. The van der Waals surface area contributed by atoms with Gasteiger partial charge in [0.25, 0.3) is 0 Å². The molecule has 0 saturated carbocycles. The van der Waals surface area contributed by atoms with Crippen LogP contribution >= 0.6 is 0 Å². The van der Waals surface area contributed by atoms with Gasteiger partial charge in [-0.25, -0.2) is 0 Å². The fourth-order valence-corrected chi connectivity index (χ4v) is 8.69. The lowest BCUT2D eigenvalue weighted by atomic mass is 10.0. The molecular formula is C54H38N4O. The maximum Gasteiger partial charge on any atom is 0.115 e. The van der Waals surface area contributed by atoms with E-state index in [9.17, 15) is 5.11 Å². The lowest BCUT2D eigenvalue weighted by Crippen LogP contribution is -2.23. The Balaban J connectivity index is 0.964. The van der Waals surface area contributed by atoms with Crippen molar-refractivity contribution in [2.24, 2.45) is 0 Å². The SMILES string of the molecule is Oc1ccc(N(c2ccc(-c3ccc4c(c3)c3ccccc3n4-c3ccccc3)cc2)c2ccc(N3c4ccccc4N(c4ccccc4)c4ccccc43)cc2)cc1. The highest BCUT2D eigenvalue weighted by atomic mass is 16.3. The van der Waals surface area contributed by atoms with Crippen molar-refractivity contribution in [3.05, 3.63) is 224 Å². The number of para-hydroxylation sites is 7. The molecule has 1 aliphatic rings. The van der Waals surface area contributed by atoms with Gasteiger partial charge in [0.2, 0.25) is 0 Å². The normalized spacial score (nSPS) is 12.1. The van der Waals surface area contributed by atoms with E-state index >= 15 is 0 Å². The first-order chi connectivity index (χ1) is 29.2. The Bertz CT molecular complexity index is 3060. The van der Waals surface area contributed by atoms with E-state index in [1.54, 1.807) is 12.1 Å². The molecule has 1 N–H and O–H groups in total. The predicted molar refractivity (Wildman–Crippen MR) is 245 cm³/mol. The third kappa shape index (κ3) is 5.87. The summed E-state index contributed by atoms with van der Waals surface area (Å²) in [5, 5.41) is 12.7. The van der Waals surface area contributed by atoms with E-state index in [4.69, 9.17) is 0 Å². The van der Waals surface area contributed by atoms with Crippen LogP contribution in [0.1, 0.15) is 0 Å². The summed E-state index contributed by atoms with van der Waals surface area (Å²) in [6.07, 6.45) is 0. The minimum atomic E-state index is 0.232. The van der Waals surface area contributed by atoms with Gasteiger partial charge in [-0.15, -0.1) is 0 Å². The molecule has 0 atom stereocenters. The van der Waals surface area contributed by atoms with Crippen LogP contribution in [-0.2, 0) is 0 Å². The highest BCUT2D eigenvalue weighted by Crippen LogP contribution is 2.54. The average molecular weight is 759 g/mol. The number of aromatic nitrogens is 1. The second kappa shape index (κ2) is 14.2. The molecule has 0 radical (unpaired) electrons. The Labute approximate surface area is 343 Å². The molecule has 1 aromatic heterocycles. The van der Waals surface area contributed by atoms with E-state index in [-0.39, 0.29) is 5.75 Å². The first-order valence-electron chi connectivity index (χ1n) is 19.9. The van der Waals surface area contributed by atoms with Crippen LogP contribution in [0.3, 0.4) is 0 Å². The van der Waals surface area contributed by atoms with E-state index in [0.717, 1.165) is 68.0 Å². The average Bonchev–Trinajstić information content (AvgIpc) is 3.64. The van der Waals surface area contributed by atoms with Gasteiger partial charge in [-0.05, 0) is 139 Å². The number of phenols is 1. The van der Waals surface area contributed by atoms with Crippen LogP contribution in [0.5, 0.6) is 5.75 Å². The number of rotatable bonds is 7. The quantitative estimate of drug-likeness (QED) is 0.176. The van der Waals surface area contributed by atoms with Crippen LogP contribution in [-0.4, -0.2) is 9.67 Å². The standard InChI is InChI=1S/C54H38N4O/c59-46-34-32-44(33-35-46)55(42-26-23-38(24-27-42)39-25-36-50-48(37-39)47-17-7-8-18-49(47)56(50)40-13-3-1-4-14-40)43-28-30-45(31-29-43)58-53-21-11-9-19-51(53)57(41-15-5-2-6-16-41)52-20-10-12-22-54(52)58/h1-37,59H. The van der Waals surface area contributed by atoms with E-state index < -0.39 is 0 Å². The number of anilines is 9. The minimum Gasteiger partial charge on any atom is -0.508 e. The molecule has 11 rings (SSSR count). The zero-order valence-corrected chi connectivity index (χ0v) is 32.1. The highest BCUT2D eigenvalue weighted by molar-refractivity contribution is 6.10. The maximum absolute atomic E-state index is 10.3. The molecule has 1 aliphatic heterocycles. The molecule has 2 heterocycles. The van der Waals surface area contributed by atoms with Crippen molar-refractivity contribution in [1.29, 1.82) is 0 Å². The number of benzene rings is 9. The van der Waals surface area contributed by atoms with Gasteiger partial charge in [0.1, 0.15) is 5.75 Å². The topological polar surface area (TPSA) is 34.9 Å². The third-order valence-electron chi connectivity index (χ3n) is 11.4. The molecule has 0 amide bonds. The van der Waals surface area contributed by atoms with Crippen molar-refractivity contribution < 1.29 is 5.11 Å². The van der Waals surface area contributed by atoms with E-state index in [0.29, 0.717) is 0 Å². The first-order valence-corrected chi connectivity index (χ1v) is 19.9. The van der Waals surface area contributed by atoms with Crippen molar-refractivity contribution in [3.8, 4) is 22.6 Å². The summed E-state index contributed by atoms with van der Waals surface area (Å²) >= 11 is 0. The number of phenolic OH excluding ortho intramolecular Hbond substituents is 1. The second-order valence-corrected chi connectivity index (χ2v) is 14.8. The summed E-state index contributed by atoms with van der Waals surface area (Å²) in [6.45, 7) is 0. The van der Waals surface area contributed by atoms with Gasteiger partial charge in [0, 0.05) is 44.9 Å². The van der Waals surface area contributed by atoms with E-state index in [1.807, 2.05) is 12.1 Å². The Kier molecular flexibility index (Phi) is 8.23. The molecule has 0 fully saturated rings.